The number of hydrogen-bond acceptors (Lipinski definition) is 8. The number of ether oxygens (including phenoxy) is 1. The van der Waals surface area contributed by atoms with Crippen LogP contribution in [0.5, 0.6) is 5.75 Å². The van der Waals surface area contributed by atoms with E-state index in [4.69, 9.17) is 4.74 Å². The highest BCUT2D eigenvalue weighted by Crippen LogP contribution is 2.42. The summed E-state index contributed by atoms with van der Waals surface area (Å²) in [5.74, 6) is 0.280. The minimum absolute atomic E-state index is 0.145. The maximum atomic E-state index is 13.3. The molecule has 0 bridgehead atoms. The van der Waals surface area contributed by atoms with Gasteiger partial charge in [0.15, 0.2) is 5.65 Å². The number of anilines is 3. The van der Waals surface area contributed by atoms with Crippen LogP contribution in [0.15, 0.2) is 30.7 Å². The molecule has 1 aromatic carbocycles. The molecule has 3 N–H and O–H groups in total. The maximum Gasteiger partial charge on any atom is 0.261 e. The molecular formula is C24H29F2N7O3. The van der Waals surface area contributed by atoms with E-state index in [0.29, 0.717) is 55.2 Å². The summed E-state index contributed by atoms with van der Waals surface area (Å²) in [6, 6.07) is 3.73. The third-order valence-electron chi connectivity index (χ3n) is 6.68. The first kappa shape index (κ1) is 24.2. The van der Waals surface area contributed by atoms with Crippen molar-refractivity contribution in [3.05, 3.63) is 41.9 Å². The third-order valence-corrected chi connectivity index (χ3v) is 6.68. The lowest BCUT2D eigenvalue weighted by atomic mass is 9.99. The quantitative estimate of drug-likeness (QED) is 0.452. The number of rotatable bonds is 7. The van der Waals surface area contributed by atoms with E-state index in [-0.39, 0.29) is 19.1 Å². The summed E-state index contributed by atoms with van der Waals surface area (Å²) in [5.41, 5.74) is 2.96. The number of benzene rings is 1. The van der Waals surface area contributed by atoms with E-state index in [1.165, 1.54) is 10.7 Å². The van der Waals surface area contributed by atoms with E-state index in [2.05, 4.69) is 25.6 Å². The van der Waals surface area contributed by atoms with Gasteiger partial charge in [-0.2, -0.15) is 5.10 Å². The van der Waals surface area contributed by atoms with Crippen molar-refractivity contribution in [1.29, 1.82) is 0 Å². The van der Waals surface area contributed by atoms with E-state index in [1.54, 1.807) is 24.3 Å². The monoisotopic (exact) mass is 501 g/mol. The fourth-order valence-electron chi connectivity index (χ4n) is 4.72. The first-order valence-corrected chi connectivity index (χ1v) is 11.8. The number of amides is 1. The average Bonchev–Trinajstić information content (AvgIpc) is 3.43. The van der Waals surface area contributed by atoms with Crippen LogP contribution < -0.4 is 20.3 Å². The number of fused-ring (bicyclic) bond motifs is 2. The molecule has 5 rings (SSSR count). The number of carbonyl (C=O) groups excluding carboxylic acids is 1. The Balaban J connectivity index is 1.44. The topological polar surface area (TPSA) is 107 Å². The summed E-state index contributed by atoms with van der Waals surface area (Å²) < 4.78 is 33.2. The van der Waals surface area contributed by atoms with Gasteiger partial charge >= 0.3 is 0 Å². The van der Waals surface area contributed by atoms with Crippen molar-refractivity contribution in [2.24, 2.45) is 0 Å². The number of carbonyl (C=O) groups is 1. The lowest BCUT2D eigenvalue weighted by Crippen LogP contribution is -2.48. The zero-order valence-electron chi connectivity index (χ0n) is 20.2. The Morgan fingerprint density at radius 1 is 1.25 bits per heavy atom. The van der Waals surface area contributed by atoms with E-state index < -0.39 is 12.0 Å². The molecule has 10 nitrogen and oxygen atoms in total. The Labute approximate surface area is 206 Å². The summed E-state index contributed by atoms with van der Waals surface area (Å²) in [7, 11) is 1.77. The zero-order valence-corrected chi connectivity index (χ0v) is 20.2. The van der Waals surface area contributed by atoms with Gasteiger partial charge in [0, 0.05) is 51.3 Å². The van der Waals surface area contributed by atoms with Gasteiger partial charge in [-0.15, -0.1) is 0 Å². The lowest BCUT2D eigenvalue weighted by Gasteiger charge is -2.37. The molecule has 1 saturated heterocycles. The van der Waals surface area contributed by atoms with Gasteiger partial charge in [0.2, 0.25) is 0 Å². The maximum absolute atomic E-state index is 13.3. The molecule has 2 aliphatic rings. The Kier molecular flexibility index (Phi) is 6.39. The second kappa shape index (κ2) is 9.51. The van der Waals surface area contributed by atoms with Crippen molar-refractivity contribution in [3.63, 3.8) is 0 Å². The normalized spacial score (nSPS) is 20.0. The first-order chi connectivity index (χ1) is 17.3. The summed E-state index contributed by atoms with van der Waals surface area (Å²) >= 11 is 0. The number of halogens is 2. The van der Waals surface area contributed by atoms with E-state index >= 15 is 0 Å². The van der Waals surface area contributed by atoms with Crippen LogP contribution in [0.1, 0.15) is 22.8 Å². The number of aliphatic hydroxyl groups is 1. The Hall–Kier alpha value is -3.51. The Morgan fingerprint density at radius 2 is 2.03 bits per heavy atom. The summed E-state index contributed by atoms with van der Waals surface area (Å²) in [6.45, 7) is 3.45. The molecule has 0 saturated carbocycles. The van der Waals surface area contributed by atoms with Gasteiger partial charge in [-0.3, -0.25) is 9.69 Å². The van der Waals surface area contributed by atoms with Crippen LogP contribution in [0.4, 0.5) is 25.8 Å². The predicted octanol–water partition coefficient (Wildman–Crippen LogP) is 2.10. The molecule has 1 atom stereocenters. The van der Waals surface area contributed by atoms with Crippen molar-refractivity contribution in [2.75, 3.05) is 61.9 Å². The fourth-order valence-corrected chi connectivity index (χ4v) is 4.72. The highest BCUT2D eigenvalue weighted by atomic mass is 19.3. The lowest BCUT2D eigenvalue weighted by molar-refractivity contribution is 0.0447. The summed E-state index contributed by atoms with van der Waals surface area (Å²) in [4.78, 5) is 21.5. The Morgan fingerprint density at radius 3 is 2.72 bits per heavy atom. The van der Waals surface area contributed by atoms with Crippen LogP contribution in [0.25, 0.3) is 5.65 Å². The van der Waals surface area contributed by atoms with Gasteiger partial charge in [0.1, 0.15) is 16.9 Å². The molecule has 0 spiro atoms. The molecule has 36 heavy (non-hydrogen) atoms. The van der Waals surface area contributed by atoms with Crippen LogP contribution >= 0.6 is 0 Å². The minimum Gasteiger partial charge on any atom is -0.484 e. The zero-order chi connectivity index (χ0) is 25.4. The van der Waals surface area contributed by atoms with Crippen molar-refractivity contribution < 1.29 is 23.4 Å². The highest BCUT2D eigenvalue weighted by molar-refractivity contribution is 6.09. The second-order valence-corrected chi connectivity index (χ2v) is 9.42. The predicted molar refractivity (Wildman–Crippen MR) is 131 cm³/mol. The minimum atomic E-state index is -2.38. The molecule has 192 valence electrons. The van der Waals surface area contributed by atoms with E-state index in [1.807, 2.05) is 19.1 Å². The van der Waals surface area contributed by atoms with Crippen LogP contribution in [-0.4, -0.2) is 88.9 Å². The molecular weight excluding hydrogens is 472 g/mol. The highest BCUT2D eigenvalue weighted by Gasteiger charge is 2.36. The standard InChI is InChI=1S/C24H29F2N7O3/c1-24(14-34)9-15-7-18(30-23(35)17-11-29-33-12-16(27-2)10-28-22(17)33)19(8-20(15)36-24)32-5-3-31(4-6-32)13-21(25)26/h7-8,10-12,21,27,34H,3-6,9,13-14H2,1-2H3,(H,30,35). The average molecular weight is 502 g/mol. The van der Waals surface area contributed by atoms with Crippen LogP contribution in [0.2, 0.25) is 0 Å². The number of nitrogens with one attached hydrogen (secondary N) is 2. The van der Waals surface area contributed by atoms with Gasteiger partial charge in [0.25, 0.3) is 12.3 Å². The molecule has 4 heterocycles. The van der Waals surface area contributed by atoms with Gasteiger partial charge in [-0.05, 0) is 13.0 Å². The number of piperazine rings is 1. The number of hydrogen-bond donors (Lipinski definition) is 3. The fraction of sp³-hybridized carbons (Fsp3) is 0.458. The molecule has 1 unspecified atom stereocenters. The molecule has 12 heteroatoms. The molecule has 2 aromatic heterocycles. The van der Waals surface area contributed by atoms with Gasteiger partial charge in [0.05, 0.1) is 48.8 Å². The number of nitrogens with zero attached hydrogens (tertiary/aromatic N) is 5. The van der Waals surface area contributed by atoms with Crippen molar-refractivity contribution in [3.8, 4) is 5.75 Å². The van der Waals surface area contributed by atoms with Gasteiger partial charge in [-0.25, -0.2) is 18.3 Å². The van der Waals surface area contributed by atoms with Gasteiger partial charge in [-0.1, -0.05) is 0 Å². The first-order valence-electron chi connectivity index (χ1n) is 11.8. The summed E-state index contributed by atoms with van der Waals surface area (Å²) in [5, 5.41) is 20.0. The molecule has 2 aliphatic heterocycles. The van der Waals surface area contributed by atoms with Crippen LogP contribution in [0, 0.1) is 0 Å². The third kappa shape index (κ3) is 4.65. The largest absolute Gasteiger partial charge is 0.484 e. The van der Waals surface area contributed by atoms with Crippen molar-refractivity contribution in [2.45, 2.75) is 25.4 Å². The summed E-state index contributed by atoms with van der Waals surface area (Å²) in [6.07, 6.45) is 2.96. The van der Waals surface area contributed by atoms with Crippen LogP contribution in [-0.2, 0) is 6.42 Å². The SMILES string of the molecule is CNc1cnc2c(C(=O)Nc3cc4c(cc3N3CCN(CC(F)F)CC3)OC(C)(CO)C4)cnn2c1. The molecule has 0 aliphatic carbocycles. The number of aromatic nitrogens is 3. The van der Waals surface area contributed by atoms with Crippen molar-refractivity contribution >= 4 is 28.6 Å². The number of alkyl halides is 2. The smallest absolute Gasteiger partial charge is 0.261 e. The number of aliphatic hydroxyl groups excluding tert-OH is 1. The molecule has 3 aromatic rings. The van der Waals surface area contributed by atoms with E-state index in [9.17, 15) is 18.7 Å². The molecule has 1 fully saturated rings. The molecule has 0 radical (unpaired) electrons. The molecule has 1 amide bonds. The Bertz CT molecular complexity index is 1280. The van der Waals surface area contributed by atoms with Crippen molar-refractivity contribution in [1.82, 2.24) is 19.5 Å². The second-order valence-electron chi connectivity index (χ2n) is 9.42. The van der Waals surface area contributed by atoms with Crippen LogP contribution in [0.3, 0.4) is 0 Å². The van der Waals surface area contributed by atoms with E-state index in [0.717, 1.165) is 16.9 Å². The van der Waals surface area contributed by atoms with Gasteiger partial charge < -0.3 is 25.4 Å².